The van der Waals surface area contributed by atoms with Crippen molar-refractivity contribution in [2.24, 2.45) is 5.73 Å². The molecule has 1 aromatic rings. The van der Waals surface area contributed by atoms with E-state index in [4.69, 9.17) is 20.3 Å². The fraction of sp³-hybridized carbons (Fsp3) is 0.500. The third kappa shape index (κ3) is 3.28. The lowest BCUT2D eigenvalue weighted by Gasteiger charge is -2.17. The molecule has 4 nitrogen and oxygen atoms in total. The van der Waals surface area contributed by atoms with Gasteiger partial charge >= 0.3 is 0 Å². The van der Waals surface area contributed by atoms with Gasteiger partial charge in [-0.3, -0.25) is 0 Å². The molecule has 0 aliphatic heterocycles. The lowest BCUT2D eigenvalue weighted by molar-refractivity contribution is 0.274. The van der Waals surface area contributed by atoms with Crippen LogP contribution in [-0.2, 0) is 0 Å². The predicted molar refractivity (Wildman–Crippen MR) is 70.0 cm³/mol. The zero-order valence-corrected chi connectivity index (χ0v) is 11.2. The first-order valence-electron chi connectivity index (χ1n) is 5.34. The first-order chi connectivity index (χ1) is 8.17. The van der Waals surface area contributed by atoms with Crippen LogP contribution in [0.4, 0.5) is 0 Å². The van der Waals surface area contributed by atoms with E-state index in [1.165, 1.54) is 0 Å². The van der Waals surface area contributed by atoms with Gasteiger partial charge in [0.15, 0.2) is 0 Å². The minimum atomic E-state index is -0.250. The number of aliphatic hydroxyl groups is 1. The molecule has 17 heavy (non-hydrogen) atoms. The Kier molecular flexibility index (Phi) is 5.61. The van der Waals surface area contributed by atoms with Gasteiger partial charge in [-0.1, -0.05) is 0 Å². The Bertz CT molecular complexity index is 371. The van der Waals surface area contributed by atoms with E-state index in [1.807, 2.05) is 18.4 Å². The minimum Gasteiger partial charge on any atom is -0.496 e. The van der Waals surface area contributed by atoms with Crippen LogP contribution < -0.4 is 15.2 Å². The summed E-state index contributed by atoms with van der Waals surface area (Å²) in [5.74, 6) is 1.51. The van der Waals surface area contributed by atoms with Crippen LogP contribution in [-0.4, -0.2) is 32.2 Å². The van der Waals surface area contributed by atoms with Crippen LogP contribution in [0.25, 0.3) is 0 Å². The number of hydrogen-bond acceptors (Lipinski definition) is 5. The molecule has 0 saturated carbocycles. The molecule has 0 bridgehead atoms. The Balaban J connectivity index is 3.18. The molecule has 0 aliphatic carbocycles. The molecule has 0 spiro atoms. The van der Waals surface area contributed by atoms with Gasteiger partial charge in [0.25, 0.3) is 0 Å². The molecular formula is C12H19NO3S. The molecule has 96 valence electrons. The topological polar surface area (TPSA) is 64.7 Å². The van der Waals surface area contributed by atoms with Gasteiger partial charge in [0, 0.05) is 18.2 Å². The van der Waals surface area contributed by atoms with E-state index in [0.29, 0.717) is 6.42 Å². The lowest BCUT2D eigenvalue weighted by atomic mass is 10.0. The molecule has 0 amide bonds. The first-order valence-corrected chi connectivity index (χ1v) is 6.56. The maximum atomic E-state index is 8.93. The molecule has 1 unspecified atom stereocenters. The third-order valence-electron chi connectivity index (χ3n) is 2.58. The maximum Gasteiger partial charge on any atom is 0.133 e. The Labute approximate surface area is 106 Å². The summed E-state index contributed by atoms with van der Waals surface area (Å²) in [6, 6.07) is 3.54. The van der Waals surface area contributed by atoms with Crippen LogP contribution in [0.5, 0.6) is 11.5 Å². The highest BCUT2D eigenvalue weighted by molar-refractivity contribution is 7.98. The highest BCUT2D eigenvalue weighted by Crippen LogP contribution is 2.37. The first kappa shape index (κ1) is 14.2. The summed E-state index contributed by atoms with van der Waals surface area (Å²) >= 11 is 1.59. The number of methoxy groups -OCH3 is 2. The van der Waals surface area contributed by atoms with Crippen LogP contribution in [0, 0.1) is 0 Å². The van der Waals surface area contributed by atoms with Crippen LogP contribution in [0.15, 0.2) is 17.0 Å². The summed E-state index contributed by atoms with van der Waals surface area (Å²) in [4.78, 5) is 1.00. The van der Waals surface area contributed by atoms with Gasteiger partial charge in [-0.15, -0.1) is 11.8 Å². The summed E-state index contributed by atoms with van der Waals surface area (Å²) in [7, 11) is 3.24. The van der Waals surface area contributed by atoms with Crippen molar-refractivity contribution in [3.8, 4) is 11.5 Å². The van der Waals surface area contributed by atoms with Gasteiger partial charge in [0.1, 0.15) is 11.5 Å². The molecular weight excluding hydrogens is 238 g/mol. The van der Waals surface area contributed by atoms with E-state index in [1.54, 1.807) is 26.0 Å². The largest absolute Gasteiger partial charge is 0.496 e. The van der Waals surface area contributed by atoms with E-state index in [-0.39, 0.29) is 12.6 Å². The molecule has 0 heterocycles. The normalized spacial score (nSPS) is 12.3. The van der Waals surface area contributed by atoms with Crippen molar-refractivity contribution in [2.45, 2.75) is 17.4 Å². The van der Waals surface area contributed by atoms with Crippen molar-refractivity contribution in [3.05, 3.63) is 17.7 Å². The predicted octanol–water partition coefficient (Wildman–Crippen LogP) is 1.81. The number of hydrogen-bond donors (Lipinski definition) is 2. The molecule has 1 aromatic carbocycles. The minimum absolute atomic E-state index is 0.0525. The molecule has 0 fully saturated rings. The van der Waals surface area contributed by atoms with Gasteiger partial charge in [0.05, 0.1) is 19.1 Å². The van der Waals surface area contributed by atoms with Crippen molar-refractivity contribution >= 4 is 11.8 Å². The van der Waals surface area contributed by atoms with Crippen LogP contribution in [0.1, 0.15) is 18.0 Å². The standard InChI is InChI=1S/C12H19NO3S/c1-15-10-7-12(17-3)11(16-2)6-8(10)9(13)4-5-14/h6-7,9,14H,4-5,13H2,1-3H3. The summed E-state index contributed by atoms with van der Waals surface area (Å²) in [5, 5.41) is 8.93. The molecule has 0 radical (unpaired) electrons. The summed E-state index contributed by atoms with van der Waals surface area (Å²) in [6.45, 7) is 0.0525. The zero-order chi connectivity index (χ0) is 12.8. The average molecular weight is 257 g/mol. The molecule has 1 rings (SSSR count). The lowest BCUT2D eigenvalue weighted by Crippen LogP contribution is -2.13. The van der Waals surface area contributed by atoms with Crippen molar-refractivity contribution in [1.29, 1.82) is 0 Å². The van der Waals surface area contributed by atoms with Crippen LogP contribution >= 0.6 is 11.8 Å². The van der Waals surface area contributed by atoms with Crippen molar-refractivity contribution < 1.29 is 14.6 Å². The molecule has 3 N–H and O–H groups in total. The Morgan fingerprint density at radius 3 is 2.41 bits per heavy atom. The quantitative estimate of drug-likeness (QED) is 0.761. The number of nitrogens with two attached hydrogens (primary N) is 1. The smallest absolute Gasteiger partial charge is 0.133 e. The van der Waals surface area contributed by atoms with Crippen LogP contribution in [0.2, 0.25) is 0 Å². The van der Waals surface area contributed by atoms with Crippen molar-refractivity contribution in [2.75, 3.05) is 27.1 Å². The van der Waals surface area contributed by atoms with E-state index >= 15 is 0 Å². The molecule has 5 heteroatoms. The number of ether oxygens (including phenoxy) is 2. The summed E-state index contributed by atoms with van der Waals surface area (Å²) < 4.78 is 10.6. The van der Waals surface area contributed by atoms with Gasteiger partial charge < -0.3 is 20.3 Å². The SMILES string of the molecule is COc1cc(C(N)CCO)c(OC)cc1SC. The molecule has 1 atom stereocenters. The van der Waals surface area contributed by atoms with Gasteiger partial charge in [-0.05, 0) is 24.8 Å². The Morgan fingerprint density at radius 2 is 1.94 bits per heavy atom. The van der Waals surface area contributed by atoms with Crippen molar-refractivity contribution in [3.63, 3.8) is 0 Å². The van der Waals surface area contributed by atoms with E-state index in [0.717, 1.165) is 22.0 Å². The maximum absolute atomic E-state index is 8.93. The fourth-order valence-electron chi connectivity index (χ4n) is 1.64. The second-order valence-electron chi connectivity index (χ2n) is 3.57. The van der Waals surface area contributed by atoms with Crippen molar-refractivity contribution in [1.82, 2.24) is 0 Å². The second-order valence-corrected chi connectivity index (χ2v) is 4.42. The molecule has 0 aliphatic rings. The molecule has 0 aromatic heterocycles. The monoisotopic (exact) mass is 257 g/mol. The average Bonchev–Trinajstić information content (AvgIpc) is 2.37. The van der Waals surface area contributed by atoms with Gasteiger partial charge in [-0.2, -0.15) is 0 Å². The zero-order valence-electron chi connectivity index (χ0n) is 10.4. The van der Waals surface area contributed by atoms with Crippen LogP contribution in [0.3, 0.4) is 0 Å². The number of aliphatic hydroxyl groups excluding tert-OH is 1. The highest BCUT2D eigenvalue weighted by atomic mass is 32.2. The Hall–Kier alpha value is -0.910. The van der Waals surface area contributed by atoms with Gasteiger partial charge in [-0.25, -0.2) is 0 Å². The van der Waals surface area contributed by atoms with E-state index in [2.05, 4.69) is 0 Å². The fourth-order valence-corrected chi connectivity index (χ4v) is 2.21. The number of benzene rings is 1. The highest BCUT2D eigenvalue weighted by Gasteiger charge is 2.15. The van der Waals surface area contributed by atoms with Gasteiger partial charge in [0.2, 0.25) is 0 Å². The molecule has 0 saturated heterocycles. The van der Waals surface area contributed by atoms with E-state index in [9.17, 15) is 0 Å². The Morgan fingerprint density at radius 1 is 1.29 bits per heavy atom. The summed E-state index contributed by atoms with van der Waals surface area (Å²) in [6.07, 6.45) is 2.47. The third-order valence-corrected chi connectivity index (χ3v) is 3.33. The summed E-state index contributed by atoms with van der Waals surface area (Å²) in [5.41, 5.74) is 6.85. The van der Waals surface area contributed by atoms with E-state index < -0.39 is 0 Å². The number of rotatable bonds is 6. The number of thioether (sulfide) groups is 1. The second kappa shape index (κ2) is 6.74.